The molecule has 0 aliphatic rings. The summed E-state index contributed by atoms with van der Waals surface area (Å²) < 4.78 is 6.96. The minimum atomic E-state index is -0.810. The second kappa shape index (κ2) is 11.9. The number of hydrogen-bond donors (Lipinski definition) is 2. The van der Waals surface area contributed by atoms with Crippen molar-refractivity contribution in [1.29, 1.82) is 0 Å². The van der Waals surface area contributed by atoms with Crippen molar-refractivity contribution in [2.45, 2.75) is 40.8 Å². The Morgan fingerprint density at radius 2 is 1.73 bits per heavy atom. The van der Waals surface area contributed by atoms with Crippen LogP contribution in [0.3, 0.4) is 0 Å². The van der Waals surface area contributed by atoms with Crippen LogP contribution >= 0.6 is 11.6 Å². The van der Waals surface area contributed by atoms with E-state index < -0.39 is 23.3 Å². The Kier molecular flexibility index (Phi) is 8.88. The maximum atomic E-state index is 13.4. The van der Waals surface area contributed by atoms with E-state index in [-0.39, 0.29) is 35.9 Å². The van der Waals surface area contributed by atoms with Crippen LogP contribution in [0, 0.1) is 18.8 Å². The first-order chi connectivity index (χ1) is 17.5. The van der Waals surface area contributed by atoms with Crippen molar-refractivity contribution < 1.29 is 14.3 Å². The third kappa shape index (κ3) is 6.85. The normalized spacial score (nSPS) is 11.8. The summed E-state index contributed by atoms with van der Waals surface area (Å²) in [7, 11) is 1.24. The Morgan fingerprint density at radius 3 is 2.32 bits per heavy atom. The van der Waals surface area contributed by atoms with Crippen LogP contribution in [0.15, 0.2) is 52.1 Å². The largest absolute Gasteiger partial charge is 0.469 e. The van der Waals surface area contributed by atoms with Crippen LogP contribution in [0.25, 0.3) is 0 Å². The molecule has 11 heteroatoms. The Balaban J connectivity index is 2.02. The summed E-state index contributed by atoms with van der Waals surface area (Å²) in [4.78, 5) is 54.3. The highest BCUT2D eigenvalue weighted by Gasteiger charge is 2.20. The van der Waals surface area contributed by atoms with Gasteiger partial charge in [0.25, 0.3) is 0 Å². The predicted molar refractivity (Wildman–Crippen MR) is 142 cm³/mol. The summed E-state index contributed by atoms with van der Waals surface area (Å²) in [5.41, 5.74) is 1.32. The van der Waals surface area contributed by atoms with Gasteiger partial charge in [-0.2, -0.15) is 4.98 Å². The second-order valence-electron chi connectivity index (χ2n) is 9.07. The fraction of sp³-hybridized carbons (Fsp3) is 0.346. The van der Waals surface area contributed by atoms with Crippen molar-refractivity contribution in [2.75, 3.05) is 17.7 Å². The minimum absolute atomic E-state index is 0.00702. The topological polar surface area (TPSA) is 124 Å². The number of halogens is 1. The summed E-state index contributed by atoms with van der Waals surface area (Å²) in [5.74, 6) is -1.66. The number of hydrogen-bond acceptors (Lipinski definition) is 7. The molecular formula is C26H30ClN5O5. The van der Waals surface area contributed by atoms with Gasteiger partial charge in [0.15, 0.2) is 0 Å². The predicted octanol–water partition coefficient (Wildman–Crippen LogP) is 3.56. The molecule has 0 saturated heterocycles. The van der Waals surface area contributed by atoms with Crippen LogP contribution < -0.4 is 22.0 Å². The number of ether oxygens (including phenoxy) is 1. The van der Waals surface area contributed by atoms with Gasteiger partial charge < -0.3 is 15.4 Å². The number of nitrogens with one attached hydrogen (secondary N) is 2. The van der Waals surface area contributed by atoms with E-state index in [2.05, 4.69) is 15.6 Å². The maximum absolute atomic E-state index is 13.4. The van der Waals surface area contributed by atoms with Gasteiger partial charge in [0.2, 0.25) is 11.9 Å². The molecule has 37 heavy (non-hydrogen) atoms. The number of esters is 1. The second-order valence-corrected chi connectivity index (χ2v) is 9.48. The van der Waals surface area contributed by atoms with Gasteiger partial charge in [0.1, 0.15) is 0 Å². The molecule has 0 fully saturated rings. The first-order valence-electron chi connectivity index (χ1n) is 11.7. The quantitative estimate of drug-likeness (QED) is 0.408. The molecule has 10 nitrogen and oxygen atoms in total. The molecule has 2 N–H and O–H groups in total. The zero-order chi connectivity index (χ0) is 27.3. The molecule has 3 rings (SSSR count). The van der Waals surface area contributed by atoms with Gasteiger partial charge in [0, 0.05) is 18.2 Å². The highest BCUT2D eigenvalue weighted by molar-refractivity contribution is 6.34. The molecule has 0 aliphatic heterocycles. The molecule has 0 unspecified atom stereocenters. The lowest BCUT2D eigenvalue weighted by atomic mass is 10.1. The Bertz CT molecular complexity index is 1410. The SMILES string of the molecule is COC(=O)[C@@H](C)Cn1c(=O)nc(Nc2ccc(NC(=O)C(C)C)c(Cl)c2)n(Cc2ccc(C)cc2)c1=O. The Labute approximate surface area is 219 Å². The molecule has 1 heterocycles. The molecule has 1 atom stereocenters. The van der Waals surface area contributed by atoms with Crippen molar-refractivity contribution in [2.24, 2.45) is 11.8 Å². The molecular weight excluding hydrogens is 498 g/mol. The third-order valence-corrected chi connectivity index (χ3v) is 5.99. The van der Waals surface area contributed by atoms with Crippen LogP contribution in [0.4, 0.5) is 17.3 Å². The molecule has 0 saturated carbocycles. The number of anilines is 3. The summed E-state index contributed by atoms with van der Waals surface area (Å²) in [6, 6.07) is 12.4. The van der Waals surface area contributed by atoms with E-state index in [0.29, 0.717) is 11.4 Å². The van der Waals surface area contributed by atoms with E-state index >= 15 is 0 Å². The van der Waals surface area contributed by atoms with Crippen LogP contribution in [0.2, 0.25) is 5.02 Å². The maximum Gasteiger partial charge on any atom is 0.354 e. The van der Waals surface area contributed by atoms with Crippen LogP contribution in [0.5, 0.6) is 0 Å². The van der Waals surface area contributed by atoms with E-state index in [1.54, 1.807) is 39.0 Å². The highest BCUT2D eigenvalue weighted by Crippen LogP contribution is 2.27. The van der Waals surface area contributed by atoms with Gasteiger partial charge in [-0.3, -0.25) is 14.2 Å². The van der Waals surface area contributed by atoms with E-state index in [0.717, 1.165) is 15.7 Å². The van der Waals surface area contributed by atoms with Crippen molar-refractivity contribution in [3.05, 3.63) is 79.6 Å². The first kappa shape index (κ1) is 27.7. The van der Waals surface area contributed by atoms with Gasteiger partial charge >= 0.3 is 17.3 Å². The first-order valence-corrected chi connectivity index (χ1v) is 12.1. The average molecular weight is 528 g/mol. The van der Waals surface area contributed by atoms with Gasteiger partial charge in [0.05, 0.1) is 30.3 Å². The van der Waals surface area contributed by atoms with Gasteiger partial charge in [-0.1, -0.05) is 62.2 Å². The van der Waals surface area contributed by atoms with E-state index in [1.807, 2.05) is 31.2 Å². The zero-order valence-corrected chi connectivity index (χ0v) is 22.1. The number of rotatable bonds is 9. The standard InChI is InChI=1S/C26H30ClN5O5/c1-15(2)22(33)29-21-11-10-19(12-20(21)27)28-24-30-25(35)32(13-17(4)23(34)37-5)26(36)31(24)14-18-8-6-16(3)7-9-18/h6-12,15,17H,13-14H2,1-5H3,(H,29,33)(H,28,30,35)/t17-/m0/s1. The number of methoxy groups -OCH3 is 1. The number of carbonyl (C=O) groups is 2. The molecule has 2 aromatic carbocycles. The number of aromatic nitrogens is 3. The van der Waals surface area contributed by atoms with Crippen molar-refractivity contribution in [3.8, 4) is 0 Å². The van der Waals surface area contributed by atoms with E-state index in [1.165, 1.54) is 11.7 Å². The summed E-state index contributed by atoms with van der Waals surface area (Å²) in [6.45, 7) is 7.00. The molecule has 3 aromatic rings. The fourth-order valence-corrected chi connectivity index (χ4v) is 3.68. The van der Waals surface area contributed by atoms with Gasteiger partial charge in [-0.25, -0.2) is 14.2 Å². The average Bonchev–Trinajstić information content (AvgIpc) is 2.86. The zero-order valence-electron chi connectivity index (χ0n) is 21.4. The lowest BCUT2D eigenvalue weighted by Gasteiger charge is -2.17. The summed E-state index contributed by atoms with van der Waals surface area (Å²) in [6.07, 6.45) is 0. The lowest BCUT2D eigenvalue weighted by molar-refractivity contribution is -0.145. The van der Waals surface area contributed by atoms with Crippen LogP contribution in [0.1, 0.15) is 31.9 Å². The summed E-state index contributed by atoms with van der Waals surface area (Å²) in [5, 5.41) is 6.01. The minimum Gasteiger partial charge on any atom is -0.469 e. The molecule has 0 spiro atoms. The molecule has 1 amide bonds. The van der Waals surface area contributed by atoms with Gasteiger partial charge in [-0.05, 0) is 30.7 Å². The molecule has 0 radical (unpaired) electrons. The van der Waals surface area contributed by atoms with Crippen LogP contribution in [-0.4, -0.2) is 33.1 Å². The number of benzene rings is 2. The van der Waals surface area contributed by atoms with Crippen molar-refractivity contribution in [1.82, 2.24) is 14.1 Å². The molecule has 0 bridgehead atoms. The summed E-state index contributed by atoms with van der Waals surface area (Å²) >= 11 is 6.36. The van der Waals surface area contributed by atoms with Crippen molar-refractivity contribution >= 4 is 40.8 Å². The Hall–Kier alpha value is -3.92. The van der Waals surface area contributed by atoms with E-state index in [4.69, 9.17) is 16.3 Å². The van der Waals surface area contributed by atoms with Crippen LogP contribution in [-0.2, 0) is 27.4 Å². The lowest BCUT2D eigenvalue weighted by Crippen LogP contribution is -2.44. The Morgan fingerprint density at radius 1 is 1.05 bits per heavy atom. The number of amides is 1. The molecule has 1 aromatic heterocycles. The number of nitrogens with zero attached hydrogens (tertiary/aromatic N) is 3. The number of carbonyl (C=O) groups excluding carboxylic acids is 2. The molecule has 196 valence electrons. The van der Waals surface area contributed by atoms with Gasteiger partial charge in [-0.15, -0.1) is 0 Å². The highest BCUT2D eigenvalue weighted by atomic mass is 35.5. The van der Waals surface area contributed by atoms with E-state index in [9.17, 15) is 19.2 Å². The molecule has 0 aliphatic carbocycles. The fourth-order valence-electron chi connectivity index (χ4n) is 3.45. The van der Waals surface area contributed by atoms with Crippen molar-refractivity contribution in [3.63, 3.8) is 0 Å². The third-order valence-electron chi connectivity index (χ3n) is 5.68. The number of aryl methyl sites for hydroxylation is 1. The smallest absolute Gasteiger partial charge is 0.354 e. The monoisotopic (exact) mass is 527 g/mol.